The van der Waals surface area contributed by atoms with E-state index < -0.39 is 37.1 Å². The number of carbonyl (C=O) groups is 3. The zero-order chi connectivity index (χ0) is 24.0. The molecule has 8 nitrogen and oxygen atoms in total. The number of anilines is 2. The second-order valence-corrected chi connectivity index (χ2v) is 7.82. The molecule has 152 valence electrons. The number of nitrogens with zero attached hydrogens (tertiary/aromatic N) is 2. The van der Waals surface area contributed by atoms with Gasteiger partial charge < -0.3 is 19.7 Å². The van der Waals surface area contributed by atoms with Gasteiger partial charge in [-0.1, -0.05) is 11.6 Å². The monoisotopic (exact) mass is 439 g/mol. The number of hydrogen-bond donors (Lipinski definition) is 1. The maximum Gasteiger partial charge on any atom is 0.414 e. The van der Waals surface area contributed by atoms with E-state index in [4.69, 9.17) is 26.6 Å². The van der Waals surface area contributed by atoms with Crippen molar-refractivity contribution in [3.8, 4) is 0 Å². The maximum atomic E-state index is 12.4. The second-order valence-electron chi connectivity index (χ2n) is 6.11. The number of halogens is 1. The van der Waals surface area contributed by atoms with Crippen LogP contribution >= 0.6 is 22.9 Å². The molecule has 1 aromatic carbocycles. The average molecular weight is 440 g/mol. The summed E-state index contributed by atoms with van der Waals surface area (Å²) in [7, 11) is 0. The molecule has 0 radical (unpaired) electrons. The molecule has 10 heteroatoms. The smallest absolute Gasteiger partial charge is 0.414 e. The van der Waals surface area contributed by atoms with E-state index in [0.29, 0.717) is 15.7 Å². The Kier molecular flexibility index (Phi) is 4.42. The van der Waals surface area contributed by atoms with Crippen molar-refractivity contribution in [1.29, 1.82) is 0 Å². The quantitative estimate of drug-likeness (QED) is 0.773. The van der Waals surface area contributed by atoms with Crippen molar-refractivity contribution in [2.45, 2.75) is 6.10 Å². The van der Waals surface area contributed by atoms with Crippen LogP contribution in [0.3, 0.4) is 0 Å². The van der Waals surface area contributed by atoms with Crippen LogP contribution in [-0.4, -0.2) is 56.8 Å². The van der Waals surface area contributed by atoms with E-state index in [2.05, 4.69) is 5.32 Å². The number of morpholine rings is 1. The van der Waals surface area contributed by atoms with Crippen LogP contribution in [0.5, 0.6) is 0 Å². The van der Waals surface area contributed by atoms with Gasteiger partial charge in [0, 0.05) is 17.9 Å². The van der Waals surface area contributed by atoms with E-state index in [0.717, 1.165) is 11.3 Å². The summed E-state index contributed by atoms with van der Waals surface area (Å²) in [5.74, 6) is -1.50. The van der Waals surface area contributed by atoms with E-state index in [9.17, 15) is 14.4 Å². The molecule has 2 aliphatic heterocycles. The number of carbonyl (C=O) groups excluding carboxylic acids is 3. The van der Waals surface area contributed by atoms with E-state index in [1.165, 1.54) is 21.9 Å². The number of cyclic esters (lactones) is 1. The SMILES string of the molecule is [2H]C1([2H])OCCN(c2ccc(N3C[C@H](C([2H])([2H])NC(=O)c4ccc(Cl)s4)OC3=O)cc2)C1=O. The first-order valence-corrected chi connectivity index (χ1v) is 9.79. The van der Waals surface area contributed by atoms with Gasteiger partial charge in [0.1, 0.15) is 12.7 Å². The summed E-state index contributed by atoms with van der Waals surface area (Å²) in [5, 5.41) is 2.24. The van der Waals surface area contributed by atoms with Crippen LogP contribution in [0.15, 0.2) is 36.4 Å². The molecule has 3 amide bonds. The minimum atomic E-state index is -2.41. The Bertz CT molecular complexity index is 1100. The summed E-state index contributed by atoms with van der Waals surface area (Å²) in [6.07, 6.45) is -2.05. The molecule has 4 rings (SSSR count). The number of rotatable bonds is 5. The van der Waals surface area contributed by atoms with E-state index in [1.807, 2.05) is 0 Å². The van der Waals surface area contributed by atoms with Crippen molar-refractivity contribution >= 4 is 52.2 Å². The first-order chi connectivity index (χ1) is 15.5. The van der Waals surface area contributed by atoms with Gasteiger partial charge in [0.15, 0.2) is 0 Å². The van der Waals surface area contributed by atoms with Crippen LogP contribution in [-0.2, 0) is 14.3 Å². The molecule has 0 spiro atoms. The zero-order valence-corrected chi connectivity index (χ0v) is 16.5. The Morgan fingerprint density at radius 2 is 1.97 bits per heavy atom. The third kappa shape index (κ3) is 4.36. The predicted molar refractivity (Wildman–Crippen MR) is 109 cm³/mol. The van der Waals surface area contributed by atoms with Gasteiger partial charge in [-0.3, -0.25) is 14.5 Å². The first kappa shape index (κ1) is 15.3. The number of thiophene rings is 1. The Hall–Kier alpha value is -2.62. The van der Waals surface area contributed by atoms with Crippen molar-refractivity contribution in [2.75, 3.05) is 42.6 Å². The molecule has 3 heterocycles. The highest BCUT2D eigenvalue weighted by Gasteiger charge is 2.33. The fourth-order valence-corrected chi connectivity index (χ4v) is 3.80. The summed E-state index contributed by atoms with van der Waals surface area (Å²) < 4.78 is 42.0. The van der Waals surface area contributed by atoms with Gasteiger partial charge in [0.2, 0.25) is 0 Å². The van der Waals surface area contributed by atoms with E-state index >= 15 is 0 Å². The third-order valence-electron chi connectivity index (χ3n) is 4.25. The normalized spacial score (nSPS) is 23.7. The van der Waals surface area contributed by atoms with Crippen LogP contribution < -0.4 is 15.1 Å². The standard InChI is InChI=1S/C19H18ClN3O5S/c20-16-6-5-15(29-16)18(25)21-9-14-10-23(19(26)28-14)13-3-1-12(2-4-13)22-7-8-27-11-17(22)24/h1-6,14H,7-11H2,(H,21,25)/t14-/m0/s1/i9D2,11D2. The molecule has 2 fully saturated rings. The van der Waals surface area contributed by atoms with Gasteiger partial charge in [-0.2, -0.15) is 0 Å². The van der Waals surface area contributed by atoms with Crippen molar-refractivity contribution in [3.05, 3.63) is 45.6 Å². The topological polar surface area (TPSA) is 88.2 Å². The summed E-state index contributed by atoms with van der Waals surface area (Å²) in [5.41, 5.74) is 0.819. The van der Waals surface area contributed by atoms with Gasteiger partial charge in [-0.15, -0.1) is 11.3 Å². The fourth-order valence-electron chi connectivity index (χ4n) is 2.86. The molecule has 1 aromatic heterocycles. The molecule has 0 saturated carbocycles. The summed E-state index contributed by atoms with van der Waals surface area (Å²) >= 11 is 6.81. The molecule has 2 aliphatic rings. The minimum absolute atomic E-state index is 0.0408. The lowest BCUT2D eigenvalue weighted by molar-refractivity contribution is -0.125. The van der Waals surface area contributed by atoms with Gasteiger partial charge in [-0.25, -0.2) is 4.79 Å². The maximum absolute atomic E-state index is 12.4. The Morgan fingerprint density at radius 3 is 2.66 bits per heavy atom. The molecule has 0 aliphatic carbocycles. The van der Waals surface area contributed by atoms with E-state index in [-0.39, 0.29) is 24.6 Å². The molecule has 29 heavy (non-hydrogen) atoms. The largest absolute Gasteiger partial charge is 0.442 e. The molecule has 1 atom stereocenters. The average Bonchev–Trinajstić information content (AvgIpc) is 3.36. The van der Waals surface area contributed by atoms with Crippen LogP contribution in [0.2, 0.25) is 4.34 Å². The summed E-state index contributed by atoms with van der Waals surface area (Å²) in [6, 6.07) is 9.17. The van der Waals surface area contributed by atoms with Crippen molar-refractivity contribution in [2.24, 2.45) is 0 Å². The molecular formula is C19H18ClN3O5S. The second kappa shape index (κ2) is 8.40. The van der Waals surface area contributed by atoms with Crippen molar-refractivity contribution in [1.82, 2.24) is 5.32 Å². The lowest BCUT2D eigenvalue weighted by Gasteiger charge is -2.27. The predicted octanol–water partition coefficient (Wildman–Crippen LogP) is 2.52. The third-order valence-corrected chi connectivity index (χ3v) is 5.48. The number of amides is 3. The Balaban J connectivity index is 1.44. The molecular weight excluding hydrogens is 418 g/mol. The summed E-state index contributed by atoms with van der Waals surface area (Å²) in [4.78, 5) is 39.6. The molecule has 0 bridgehead atoms. The first-order valence-electron chi connectivity index (χ1n) is 10.6. The molecule has 1 N–H and O–H groups in total. The van der Waals surface area contributed by atoms with Gasteiger partial charge in [0.05, 0.1) is 34.3 Å². The van der Waals surface area contributed by atoms with Gasteiger partial charge in [0.25, 0.3) is 11.8 Å². The van der Waals surface area contributed by atoms with Crippen molar-refractivity contribution < 1.29 is 29.3 Å². The van der Waals surface area contributed by atoms with Crippen LogP contribution in [0.1, 0.15) is 15.2 Å². The minimum Gasteiger partial charge on any atom is -0.442 e. The molecule has 0 unspecified atom stereocenters. The number of nitrogens with one attached hydrogen (secondary N) is 1. The Labute approximate surface area is 181 Å². The number of ether oxygens (including phenoxy) is 2. The summed E-state index contributed by atoms with van der Waals surface area (Å²) in [6.45, 7) is -4.69. The van der Waals surface area contributed by atoms with Gasteiger partial charge in [-0.05, 0) is 36.4 Å². The highest BCUT2D eigenvalue weighted by Crippen LogP contribution is 2.26. The van der Waals surface area contributed by atoms with Crippen LogP contribution in [0.25, 0.3) is 0 Å². The lowest BCUT2D eigenvalue weighted by atomic mass is 10.2. The Morgan fingerprint density at radius 1 is 1.24 bits per heavy atom. The molecule has 2 saturated heterocycles. The van der Waals surface area contributed by atoms with E-state index in [1.54, 1.807) is 24.3 Å². The van der Waals surface area contributed by atoms with Crippen LogP contribution in [0.4, 0.5) is 16.2 Å². The number of benzene rings is 1. The zero-order valence-electron chi connectivity index (χ0n) is 18.9. The highest BCUT2D eigenvalue weighted by molar-refractivity contribution is 7.18. The van der Waals surface area contributed by atoms with Crippen molar-refractivity contribution in [3.63, 3.8) is 0 Å². The molecule has 2 aromatic rings. The van der Waals surface area contributed by atoms with Crippen LogP contribution in [0, 0.1) is 0 Å². The highest BCUT2D eigenvalue weighted by atomic mass is 35.5. The fraction of sp³-hybridized carbons (Fsp3) is 0.316. The van der Waals surface area contributed by atoms with Gasteiger partial charge >= 0.3 is 6.09 Å². The lowest BCUT2D eigenvalue weighted by Crippen LogP contribution is -2.41. The number of hydrogen-bond acceptors (Lipinski definition) is 6.